The lowest BCUT2D eigenvalue weighted by Crippen LogP contribution is -2.60. The number of carbonyl (C=O) groups is 2. The fraction of sp³-hybridized carbons (Fsp3) is 0.500. The van der Waals surface area contributed by atoms with Gasteiger partial charge >= 0.3 is 5.97 Å². The van der Waals surface area contributed by atoms with Gasteiger partial charge in [-0.25, -0.2) is 9.18 Å². The molecular formula is C20H24FN5O4. The molecule has 0 radical (unpaired) electrons. The lowest BCUT2D eigenvalue weighted by Gasteiger charge is -2.50. The van der Waals surface area contributed by atoms with Crippen LogP contribution in [0.25, 0.3) is 0 Å². The normalized spacial score (nSPS) is 35.9. The fourth-order valence-corrected chi connectivity index (χ4v) is 5.27. The molecule has 0 spiro atoms. The first-order valence-electron chi connectivity index (χ1n) is 9.98. The summed E-state index contributed by atoms with van der Waals surface area (Å²) in [7, 11) is 1.71. The van der Waals surface area contributed by atoms with E-state index in [-0.39, 0.29) is 36.0 Å². The molecule has 0 aromatic heterocycles. The minimum atomic E-state index is -1.37. The van der Waals surface area contributed by atoms with Crippen LogP contribution in [0.15, 0.2) is 46.9 Å². The second kappa shape index (κ2) is 6.58. The number of hydrogen-bond donors (Lipinski definition) is 3. The Morgan fingerprint density at radius 2 is 2.13 bits per heavy atom. The minimum absolute atomic E-state index is 0.00329. The predicted octanol–water partition coefficient (Wildman–Crippen LogP) is -0.141. The Bertz CT molecular complexity index is 957. The average Bonchev–Trinajstić information content (AvgIpc) is 3.13. The molecule has 5 aliphatic rings. The molecule has 2 unspecified atom stereocenters. The molecule has 10 heteroatoms. The van der Waals surface area contributed by atoms with Gasteiger partial charge in [-0.05, 0) is 12.3 Å². The van der Waals surface area contributed by atoms with Gasteiger partial charge in [-0.15, -0.1) is 0 Å². The van der Waals surface area contributed by atoms with Crippen LogP contribution in [-0.2, 0) is 14.3 Å². The largest absolute Gasteiger partial charge is 0.478 e. The molecule has 30 heavy (non-hydrogen) atoms. The number of ketones is 1. The van der Waals surface area contributed by atoms with Crippen molar-refractivity contribution in [2.75, 3.05) is 26.9 Å². The molecular weight excluding hydrogens is 393 g/mol. The lowest BCUT2D eigenvalue weighted by atomic mass is 9.79. The highest BCUT2D eigenvalue weighted by molar-refractivity contribution is 6.19. The van der Waals surface area contributed by atoms with Crippen LogP contribution in [0.1, 0.15) is 6.42 Å². The van der Waals surface area contributed by atoms with Crippen molar-refractivity contribution in [1.29, 1.82) is 0 Å². The number of likely N-dealkylation sites (tertiary alicyclic amines) is 1. The van der Waals surface area contributed by atoms with E-state index in [1.165, 1.54) is 6.20 Å². The lowest BCUT2D eigenvalue weighted by molar-refractivity contribution is -0.151. The standard InChI is InChI=1S/C20H24FN5O4/c1-24-8-30-19-16-13(18(27)11(20(28)29)7-26(16)24)15(23)14(21)17(19)25-5-9-3-2-4-12(22)10(9)6-25/h2-3,7,9-10,12-13,16H,4-6,8,22-23H2,1H3,(H,28,29)/t9-,10+,12+,13?,16?/m0/s1. The number of rotatable bonds is 2. The van der Waals surface area contributed by atoms with Gasteiger partial charge < -0.3 is 26.2 Å². The summed E-state index contributed by atoms with van der Waals surface area (Å²) in [5.74, 6) is -3.23. The molecule has 0 aromatic carbocycles. The molecule has 5 atom stereocenters. The van der Waals surface area contributed by atoms with Crippen molar-refractivity contribution in [3.8, 4) is 0 Å². The highest BCUT2D eigenvalue weighted by Crippen LogP contribution is 2.46. The van der Waals surface area contributed by atoms with E-state index in [1.54, 1.807) is 17.1 Å². The van der Waals surface area contributed by atoms with E-state index >= 15 is 4.39 Å². The molecule has 5 rings (SSSR count). The van der Waals surface area contributed by atoms with Gasteiger partial charge in [-0.3, -0.25) is 9.80 Å². The number of carboxylic acid groups (broad SMARTS) is 1. The van der Waals surface area contributed by atoms with Gasteiger partial charge in [0.1, 0.15) is 23.1 Å². The molecule has 0 amide bonds. The summed E-state index contributed by atoms with van der Waals surface area (Å²) in [6.07, 6.45) is 6.27. The number of nitrogens with zero attached hydrogens (tertiary/aromatic N) is 3. The van der Waals surface area contributed by atoms with Gasteiger partial charge in [-0.1, -0.05) is 12.2 Å². The number of nitrogens with two attached hydrogens (primary N) is 2. The van der Waals surface area contributed by atoms with Crippen LogP contribution >= 0.6 is 0 Å². The molecule has 0 saturated carbocycles. The van der Waals surface area contributed by atoms with Crippen LogP contribution in [0, 0.1) is 17.8 Å². The molecule has 9 nitrogen and oxygen atoms in total. The second-order valence-corrected chi connectivity index (χ2v) is 8.49. The van der Waals surface area contributed by atoms with Crippen molar-refractivity contribution in [2.45, 2.75) is 18.5 Å². The summed E-state index contributed by atoms with van der Waals surface area (Å²) in [4.78, 5) is 26.4. The Balaban J connectivity index is 1.61. The van der Waals surface area contributed by atoms with Crippen molar-refractivity contribution in [1.82, 2.24) is 14.9 Å². The summed E-state index contributed by atoms with van der Waals surface area (Å²) in [5, 5.41) is 12.7. The number of aliphatic carboxylic acids is 1. The fourth-order valence-electron chi connectivity index (χ4n) is 5.27. The number of carboxylic acids is 1. The summed E-state index contributed by atoms with van der Waals surface area (Å²) in [6.45, 7) is 1.23. The number of fused-ring (bicyclic) bond motifs is 1. The van der Waals surface area contributed by atoms with Gasteiger partial charge in [0.25, 0.3) is 0 Å². The molecule has 2 fully saturated rings. The van der Waals surface area contributed by atoms with E-state index in [0.29, 0.717) is 18.8 Å². The topological polar surface area (TPSA) is 125 Å². The zero-order valence-electron chi connectivity index (χ0n) is 16.5. The van der Waals surface area contributed by atoms with Gasteiger partial charge in [0.2, 0.25) is 0 Å². The SMILES string of the molecule is CN1COC2=C(N3C[C@H]4[C@H](N)CC=C[C@H]4C3)C(F)=C(N)C3C(=O)C(C(=O)O)=CN1C23. The smallest absolute Gasteiger partial charge is 0.340 e. The Labute approximate surface area is 172 Å². The van der Waals surface area contributed by atoms with Crippen LogP contribution < -0.4 is 11.5 Å². The second-order valence-electron chi connectivity index (χ2n) is 8.49. The Morgan fingerprint density at radius 1 is 1.37 bits per heavy atom. The number of halogens is 1. The number of ether oxygens (including phenoxy) is 1. The van der Waals surface area contributed by atoms with Crippen molar-refractivity contribution in [2.24, 2.45) is 29.2 Å². The number of allylic oxidation sites excluding steroid dienone is 1. The maximum atomic E-state index is 15.6. The zero-order chi connectivity index (χ0) is 21.3. The van der Waals surface area contributed by atoms with E-state index in [0.717, 1.165) is 6.42 Å². The van der Waals surface area contributed by atoms with Gasteiger partial charge in [0.05, 0.1) is 11.6 Å². The molecule has 160 valence electrons. The van der Waals surface area contributed by atoms with Gasteiger partial charge in [-0.2, -0.15) is 5.01 Å². The molecule has 0 bridgehead atoms. The van der Waals surface area contributed by atoms with Crippen LogP contribution in [0.2, 0.25) is 0 Å². The third kappa shape index (κ3) is 2.53. The number of carbonyl (C=O) groups excluding carboxylic acids is 1. The highest BCUT2D eigenvalue weighted by Gasteiger charge is 2.53. The van der Waals surface area contributed by atoms with Crippen molar-refractivity contribution in [3.63, 3.8) is 0 Å². The Morgan fingerprint density at radius 3 is 2.83 bits per heavy atom. The summed E-state index contributed by atoms with van der Waals surface area (Å²) in [6, 6.07) is -0.718. The van der Waals surface area contributed by atoms with Crippen molar-refractivity contribution < 1.29 is 23.8 Å². The van der Waals surface area contributed by atoms with E-state index in [4.69, 9.17) is 16.2 Å². The number of hydrogen-bond acceptors (Lipinski definition) is 8. The third-order valence-corrected chi connectivity index (χ3v) is 6.81. The first kappa shape index (κ1) is 19.1. The first-order chi connectivity index (χ1) is 14.3. The van der Waals surface area contributed by atoms with E-state index < -0.39 is 35.1 Å². The molecule has 5 N–H and O–H groups in total. The van der Waals surface area contributed by atoms with Crippen LogP contribution in [0.4, 0.5) is 4.39 Å². The maximum absolute atomic E-state index is 15.6. The van der Waals surface area contributed by atoms with Crippen molar-refractivity contribution in [3.05, 3.63) is 46.9 Å². The molecule has 2 aliphatic carbocycles. The average molecular weight is 417 g/mol. The zero-order valence-corrected chi connectivity index (χ0v) is 16.5. The van der Waals surface area contributed by atoms with E-state index in [9.17, 15) is 14.7 Å². The maximum Gasteiger partial charge on any atom is 0.340 e. The minimum Gasteiger partial charge on any atom is -0.478 e. The van der Waals surface area contributed by atoms with E-state index in [2.05, 4.69) is 12.2 Å². The van der Waals surface area contributed by atoms with Crippen LogP contribution in [-0.4, -0.2) is 70.7 Å². The monoisotopic (exact) mass is 417 g/mol. The predicted molar refractivity (Wildman–Crippen MR) is 103 cm³/mol. The molecule has 3 aliphatic heterocycles. The molecule has 2 saturated heterocycles. The van der Waals surface area contributed by atoms with Crippen molar-refractivity contribution >= 4 is 11.8 Å². The Hall–Kier alpha value is -2.85. The van der Waals surface area contributed by atoms with Gasteiger partial charge in [0, 0.05) is 38.3 Å². The van der Waals surface area contributed by atoms with Gasteiger partial charge in [0.15, 0.2) is 18.3 Å². The first-order valence-corrected chi connectivity index (χ1v) is 9.98. The van der Waals surface area contributed by atoms with Crippen LogP contribution in [0.3, 0.4) is 0 Å². The highest BCUT2D eigenvalue weighted by atomic mass is 19.1. The number of hydrazine groups is 1. The quantitative estimate of drug-likeness (QED) is 0.416. The third-order valence-electron chi connectivity index (χ3n) is 6.81. The molecule has 0 aromatic rings. The summed E-state index contributed by atoms with van der Waals surface area (Å²) >= 11 is 0. The Kier molecular flexibility index (Phi) is 4.19. The van der Waals surface area contributed by atoms with Crippen LogP contribution in [0.5, 0.6) is 0 Å². The number of Topliss-reactive ketones (excluding diaryl/α,β-unsaturated/α-hetero) is 1. The summed E-state index contributed by atoms with van der Waals surface area (Å²) < 4.78 is 21.5. The molecule has 3 heterocycles. The van der Waals surface area contributed by atoms with E-state index in [1.807, 2.05) is 4.90 Å². The summed E-state index contributed by atoms with van der Waals surface area (Å²) in [5.41, 5.74) is 12.0.